The van der Waals surface area contributed by atoms with Crippen LogP contribution < -0.4 is 0 Å². The molecule has 14 aromatic carbocycles. The number of para-hydroxylation sites is 8. The molecule has 0 fully saturated rings. The standard InChI is InChI=1S/C84H48N6/c1-4-20-51(21-5-1)85-69-34-13-11-28-56(69)65-45-77-67(47-75(65)85)59-30-17-31-60-68-48-76-66(46-78(68)90(77)81(59)60)57-29-12-14-35-70(57)86(76)54-26-16-19-49(43-54)50-37-38-58-62-40-42-73-80(84(62)88(74(58)44-50)53-24-8-3-9-25-53)64-33-18-32-63-79-72(89(73)82(63)64)41-39-61-55-27-10-15-36-71(55)87(83(61)79)52-22-6-2-7-23-52/h1-48H. The second kappa shape index (κ2) is 16.9. The molecular weight excluding hydrogens is 1090 g/mol. The summed E-state index contributed by atoms with van der Waals surface area (Å²) in [5.41, 5.74) is 24.0. The molecule has 0 unspecified atom stereocenters. The number of nitrogens with zero attached hydrogens (tertiary/aromatic N) is 6. The number of hydrogen-bond donors (Lipinski definition) is 0. The van der Waals surface area contributed by atoms with Gasteiger partial charge in [0.1, 0.15) is 0 Å². The molecule has 0 amide bonds. The van der Waals surface area contributed by atoms with E-state index in [0.717, 1.165) is 22.6 Å². The quantitative estimate of drug-likeness (QED) is 0.164. The van der Waals surface area contributed by atoms with E-state index in [1.165, 1.54) is 175 Å². The smallest absolute Gasteiger partial charge is 0.0641 e. The van der Waals surface area contributed by atoms with Gasteiger partial charge in [0, 0.05) is 109 Å². The molecule has 22 rings (SSSR count). The van der Waals surface area contributed by atoms with E-state index in [9.17, 15) is 0 Å². The molecule has 0 aliphatic rings. The van der Waals surface area contributed by atoms with Crippen molar-refractivity contribution in [2.24, 2.45) is 0 Å². The summed E-state index contributed by atoms with van der Waals surface area (Å²) in [5, 5.41) is 20.1. The zero-order valence-corrected chi connectivity index (χ0v) is 48.4. The van der Waals surface area contributed by atoms with Crippen molar-refractivity contribution in [1.29, 1.82) is 0 Å². The first-order valence-corrected chi connectivity index (χ1v) is 31.2. The highest BCUT2D eigenvalue weighted by molar-refractivity contribution is 6.35. The zero-order chi connectivity index (χ0) is 58.2. The molecule has 0 atom stereocenters. The van der Waals surface area contributed by atoms with E-state index in [0.29, 0.717) is 0 Å². The summed E-state index contributed by atoms with van der Waals surface area (Å²) in [5.74, 6) is 0. The van der Waals surface area contributed by atoms with Crippen molar-refractivity contribution in [3.8, 4) is 33.9 Å². The predicted octanol–water partition coefficient (Wildman–Crippen LogP) is 22.0. The van der Waals surface area contributed by atoms with Crippen molar-refractivity contribution < 1.29 is 0 Å². The van der Waals surface area contributed by atoms with Gasteiger partial charge in [0.05, 0.1) is 77.2 Å². The van der Waals surface area contributed by atoms with Gasteiger partial charge < -0.3 is 27.1 Å². The Morgan fingerprint density at radius 3 is 1.04 bits per heavy atom. The van der Waals surface area contributed by atoms with Crippen LogP contribution in [0.1, 0.15) is 0 Å². The van der Waals surface area contributed by atoms with Crippen LogP contribution in [-0.2, 0) is 0 Å². The van der Waals surface area contributed by atoms with Crippen molar-refractivity contribution in [1.82, 2.24) is 27.1 Å². The van der Waals surface area contributed by atoms with Crippen LogP contribution in [0.25, 0.3) is 197 Å². The minimum absolute atomic E-state index is 1.13. The average Bonchev–Trinajstić information content (AvgIpc) is 1.53. The Hall–Kier alpha value is -12.1. The molecule has 22 aromatic rings. The zero-order valence-electron chi connectivity index (χ0n) is 48.4. The summed E-state index contributed by atoms with van der Waals surface area (Å²) in [6.45, 7) is 0. The van der Waals surface area contributed by atoms with E-state index < -0.39 is 0 Å². The molecule has 0 aliphatic carbocycles. The summed E-state index contributed by atoms with van der Waals surface area (Å²) in [7, 11) is 0. The van der Waals surface area contributed by atoms with Crippen molar-refractivity contribution >= 4 is 163 Å². The second-order valence-corrected chi connectivity index (χ2v) is 24.7. The summed E-state index contributed by atoms with van der Waals surface area (Å²) < 4.78 is 15.1. The molecule has 414 valence electrons. The van der Waals surface area contributed by atoms with Gasteiger partial charge in [-0.25, -0.2) is 0 Å². The van der Waals surface area contributed by atoms with Gasteiger partial charge in [0.25, 0.3) is 0 Å². The Bertz CT molecular complexity index is 6870. The summed E-state index contributed by atoms with van der Waals surface area (Å²) in [6.07, 6.45) is 0. The van der Waals surface area contributed by atoms with Crippen LogP contribution in [0.2, 0.25) is 0 Å². The van der Waals surface area contributed by atoms with Gasteiger partial charge in [-0.05, 0) is 120 Å². The van der Waals surface area contributed by atoms with Gasteiger partial charge in [0.15, 0.2) is 0 Å². The van der Waals surface area contributed by atoms with Crippen molar-refractivity contribution in [3.63, 3.8) is 0 Å². The monoisotopic (exact) mass is 1140 g/mol. The molecule has 0 N–H and O–H groups in total. The molecule has 0 radical (unpaired) electrons. The lowest BCUT2D eigenvalue weighted by atomic mass is 10.0. The SMILES string of the molecule is c1ccc(-n2c3ccccc3c3cc4c(cc32)c2cccc3c5cc6c(cc5n4c23)c2ccccc2n6-c2cccc(-c3ccc4c5ccc6c(c7cccc8c9c%10c(ccc9n6c87)c6ccccc6n%10-c6ccccc6)c5n(-c5ccccc5)c4c3)c2)cc1. The number of rotatable bonds is 5. The van der Waals surface area contributed by atoms with Gasteiger partial charge in [-0.15, -0.1) is 0 Å². The number of fused-ring (bicyclic) bond motifs is 26. The van der Waals surface area contributed by atoms with E-state index in [1.54, 1.807) is 0 Å². The predicted molar refractivity (Wildman–Crippen MR) is 379 cm³/mol. The third kappa shape index (κ3) is 5.84. The molecule has 0 saturated heterocycles. The molecule has 0 spiro atoms. The number of benzene rings is 14. The maximum Gasteiger partial charge on any atom is 0.0641 e. The molecular formula is C84H48N6. The van der Waals surface area contributed by atoms with Crippen molar-refractivity contribution in [3.05, 3.63) is 291 Å². The fraction of sp³-hybridized carbons (Fsp3) is 0. The van der Waals surface area contributed by atoms with Crippen LogP contribution >= 0.6 is 0 Å². The first-order valence-electron chi connectivity index (χ1n) is 31.2. The van der Waals surface area contributed by atoms with Gasteiger partial charge >= 0.3 is 0 Å². The largest absolute Gasteiger partial charge is 0.309 e. The van der Waals surface area contributed by atoms with Crippen LogP contribution in [0.5, 0.6) is 0 Å². The third-order valence-electron chi connectivity index (χ3n) is 20.4. The van der Waals surface area contributed by atoms with Crippen LogP contribution in [0.4, 0.5) is 0 Å². The maximum atomic E-state index is 2.55. The highest BCUT2D eigenvalue weighted by Crippen LogP contribution is 2.50. The maximum absolute atomic E-state index is 2.55. The minimum atomic E-state index is 1.13. The molecule has 6 heteroatoms. The van der Waals surface area contributed by atoms with Crippen LogP contribution in [0.15, 0.2) is 291 Å². The number of hydrogen-bond acceptors (Lipinski definition) is 0. The van der Waals surface area contributed by atoms with E-state index in [2.05, 4.69) is 318 Å². The van der Waals surface area contributed by atoms with Crippen LogP contribution in [-0.4, -0.2) is 27.1 Å². The van der Waals surface area contributed by atoms with Crippen LogP contribution in [0, 0.1) is 0 Å². The van der Waals surface area contributed by atoms with Crippen LogP contribution in [0.3, 0.4) is 0 Å². The highest BCUT2D eigenvalue weighted by atomic mass is 15.0. The first-order chi connectivity index (χ1) is 44.7. The molecule has 6 nitrogen and oxygen atoms in total. The average molecular weight is 1140 g/mol. The molecule has 8 aromatic heterocycles. The van der Waals surface area contributed by atoms with Crippen molar-refractivity contribution in [2.45, 2.75) is 0 Å². The van der Waals surface area contributed by atoms with Gasteiger partial charge in [-0.2, -0.15) is 0 Å². The third-order valence-corrected chi connectivity index (χ3v) is 20.4. The Labute approximate surface area is 512 Å². The fourth-order valence-corrected chi connectivity index (χ4v) is 16.8. The minimum Gasteiger partial charge on any atom is -0.309 e. The van der Waals surface area contributed by atoms with Gasteiger partial charge in [-0.3, -0.25) is 0 Å². The van der Waals surface area contributed by atoms with E-state index in [1.807, 2.05) is 0 Å². The summed E-state index contributed by atoms with van der Waals surface area (Å²) in [6, 6.07) is 109. The summed E-state index contributed by atoms with van der Waals surface area (Å²) >= 11 is 0. The Kier molecular flexibility index (Phi) is 8.84. The second-order valence-electron chi connectivity index (χ2n) is 24.7. The highest BCUT2D eigenvalue weighted by Gasteiger charge is 2.28. The lowest BCUT2D eigenvalue weighted by molar-refractivity contribution is 1.18. The Balaban J connectivity index is 0.742. The Morgan fingerprint density at radius 2 is 0.489 bits per heavy atom. The molecule has 0 saturated carbocycles. The molecule has 90 heavy (non-hydrogen) atoms. The normalized spacial score (nSPS) is 12.7. The Morgan fingerprint density at radius 1 is 0.156 bits per heavy atom. The van der Waals surface area contributed by atoms with Gasteiger partial charge in [-0.1, -0.05) is 182 Å². The van der Waals surface area contributed by atoms with E-state index >= 15 is 0 Å². The molecule has 0 aliphatic heterocycles. The summed E-state index contributed by atoms with van der Waals surface area (Å²) in [4.78, 5) is 0. The lowest BCUT2D eigenvalue weighted by Crippen LogP contribution is -1.95. The topological polar surface area (TPSA) is 28.5 Å². The van der Waals surface area contributed by atoms with Crippen molar-refractivity contribution in [2.75, 3.05) is 0 Å². The van der Waals surface area contributed by atoms with E-state index in [-0.39, 0.29) is 0 Å². The molecule has 8 heterocycles. The first kappa shape index (κ1) is 47.1. The van der Waals surface area contributed by atoms with E-state index in [4.69, 9.17) is 0 Å². The number of aromatic nitrogens is 6. The molecule has 0 bridgehead atoms. The fourth-order valence-electron chi connectivity index (χ4n) is 16.8. The lowest BCUT2D eigenvalue weighted by Gasteiger charge is -2.12. The van der Waals surface area contributed by atoms with Gasteiger partial charge in [0.2, 0.25) is 0 Å².